The lowest BCUT2D eigenvalue weighted by atomic mass is 10.2. The Labute approximate surface area is 149 Å². The maximum absolute atomic E-state index is 6.21. The van der Waals surface area contributed by atoms with E-state index in [0.717, 1.165) is 41.2 Å². The predicted molar refractivity (Wildman–Crippen MR) is 103 cm³/mol. The molecule has 1 saturated heterocycles. The molecule has 130 valence electrons. The number of aromatic nitrogens is 2. The Hall–Kier alpha value is -2.49. The minimum Gasteiger partial charge on any atom is -0.457 e. The van der Waals surface area contributed by atoms with Gasteiger partial charge in [0.1, 0.15) is 11.5 Å². The molecule has 0 aliphatic carbocycles. The largest absolute Gasteiger partial charge is 0.457 e. The summed E-state index contributed by atoms with van der Waals surface area (Å²) in [6.07, 6.45) is 7.08. The van der Waals surface area contributed by atoms with E-state index in [1.54, 1.807) is 0 Å². The van der Waals surface area contributed by atoms with Gasteiger partial charge in [-0.2, -0.15) is 0 Å². The second-order valence-electron chi connectivity index (χ2n) is 6.96. The van der Waals surface area contributed by atoms with Crippen LogP contribution in [0.4, 0.5) is 5.69 Å². The molecule has 0 radical (unpaired) electrons. The maximum Gasteiger partial charge on any atom is 0.132 e. The van der Waals surface area contributed by atoms with Gasteiger partial charge in [0.05, 0.1) is 17.4 Å². The average Bonchev–Trinajstić information content (AvgIpc) is 2.83. The molecule has 1 aliphatic heterocycles. The SMILES string of the molecule is Cc1ccc(N2CCCCCC2)cc1Oc1ccc2c(c1)ncn2C. The zero-order valence-corrected chi connectivity index (χ0v) is 15.0. The molecule has 0 unspecified atom stereocenters. The van der Waals surface area contributed by atoms with Gasteiger partial charge in [-0.15, -0.1) is 0 Å². The Morgan fingerprint density at radius 3 is 2.56 bits per heavy atom. The van der Waals surface area contributed by atoms with Crippen molar-refractivity contribution in [3.63, 3.8) is 0 Å². The van der Waals surface area contributed by atoms with Crippen LogP contribution in [0.15, 0.2) is 42.7 Å². The molecule has 25 heavy (non-hydrogen) atoms. The van der Waals surface area contributed by atoms with E-state index in [4.69, 9.17) is 4.74 Å². The van der Waals surface area contributed by atoms with Crippen LogP contribution in [0, 0.1) is 6.92 Å². The number of nitrogens with zero attached hydrogens (tertiary/aromatic N) is 3. The molecule has 0 saturated carbocycles. The topological polar surface area (TPSA) is 30.3 Å². The lowest BCUT2D eigenvalue weighted by molar-refractivity contribution is 0.479. The fourth-order valence-corrected chi connectivity index (χ4v) is 3.53. The molecule has 4 nitrogen and oxygen atoms in total. The van der Waals surface area contributed by atoms with Crippen LogP contribution in [0.1, 0.15) is 31.2 Å². The van der Waals surface area contributed by atoms with Crippen LogP contribution in [-0.4, -0.2) is 22.6 Å². The Morgan fingerprint density at radius 2 is 1.76 bits per heavy atom. The zero-order chi connectivity index (χ0) is 17.2. The Morgan fingerprint density at radius 1 is 0.960 bits per heavy atom. The third-order valence-electron chi connectivity index (χ3n) is 5.07. The van der Waals surface area contributed by atoms with Gasteiger partial charge in [0.2, 0.25) is 0 Å². The second-order valence-corrected chi connectivity index (χ2v) is 6.96. The van der Waals surface area contributed by atoms with Crippen LogP contribution in [0.5, 0.6) is 11.5 Å². The normalized spacial score (nSPS) is 15.4. The van der Waals surface area contributed by atoms with Crippen molar-refractivity contribution in [2.24, 2.45) is 7.05 Å². The van der Waals surface area contributed by atoms with Crippen molar-refractivity contribution in [1.82, 2.24) is 9.55 Å². The molecule has 4 heteroatoms. The summed E-state index contributed by atoms with van der Waals surface area (Å²) in [6, 6.07) is 12.6. The number of imidazole rings is 1. The minimum atomic E-state index is 0.835. The molecular formula is C21H25N3O. The third kappa shape index (κ3) is 3.34. The van der Waals surface area contributed by atoms with Gasteiger partial charge in [-0.25, -0.2) is 4.98 Å². The first-order valence-corrected chi connectivity index (χ1v) is 9.15. The fourth-order valence-electron chi connectivity index (χ4n) is 3.53. The van der Waals surface area contributed by atoms with Gasteiger partial charge >= 0.3 is 0 Å². The van der Waals surface area contributed by atoms with Gasteiger partial charge in [-0.3, -0.25) is 0 Å². The molecule has 0 spiro atoms. The van der Waals surface area contributed by atoms with Gasteiger partial charge in [0, 0.05) is 38.0 Å². The summed E-state index contributed by atoms with van der Waals surface area (Å²) in [5, 5.41) is 0. The number of hydrogen-bond donors (Lipinski definition) is 0. The molecule has 2 heterocycles. The number of anilines is 1. The lowest BCUT2D eigenvalue weighted by Gasteiger charge is -2.23. The molecular weight excluding hydrogens is 310 g/mol. The monoisotopic (exact) mass is 335 g/mol. The van der Waals surface area contributed by atoms with E-state index in [-0.39, 0.29) is 0 Å². The molecule has 0 amide bonds. The predicted octanol–water partition coefficient (Wildman–Crippen LogP) is 5.05. The molecule has 0 atom stereocenters. The fraction of sp³-hybridized carbons (Fsp3) is 0.381. The van der Waals surface area contributed by atoms with Crippen LogP contribution >= 0.6 is 0 Å². The highest BCUT2D eigenvalue weighted by atomic mass is 16.5. The van der Waals surface area contributed by atoms with Crippen molar-refractivity contribution in [2.45, 2.75) is 32.6 Å². The third-order valence-corrected chi connectivity index (χ3v) is 5.07. The van der Waals surface area contributed by atoms with Crippen molar-refractivity contribution in [3.05, 3.63) is 48.3 Å². The van der Waals surface area contributed by atoms with E-state index in [9.17, 15) is 0 Å². The zero-order valence-electron chi connectivity index (χ0n) is 15.0. The molecule has 1 aromatic heterocycles. The average molecular weight is 335 g/mol. The Kier molecular flexibility index (Phi) is 4.35. The first-order valence-electron chi connectivity index (χ1n) is 9.15. The number of ether oxygens (including phenoxy) is 1. The summed E-state index contributed by atoms with van der Waals surface area (Å²) in [7, 11) is 2.00. The second kappa shape index (κ2) is 6.79. The van der Waals surface area contributed by atoms with Gasteiger partial charge in [-0.1, -0.05) is 18.9 Å². The summed E-state index contributed by atoms with van der Waals surface area (Å²) in [6.45, 7) is 4.38. The quantitative estimate of drug-likeness (QED) is 0.670. The molecule has 3 aromatic rings. The van der Waals surface area contributed by atoms with Crippen molar-refractivity contribution in [2.75, 3.05) is 18.0 Å². The Balaban J connectivity index is 1.61. The van der Waals surface area contributed by atoms with Crippen molar-refractivity contribution in [3.8, 4) is 11.5 Å². The van der Waals surface area contributed by atoms with E-state index in [1.165, 1.54) is 31.4 Å². The summed E-state index contributed by atoms with van der Waals surface area (Å²) in [4.78, 5) is 6.91. The number of hydrogen-bond acceptors (Lipinski definition) is 3. The summed E-state index contributed by atoms with van der Waals surface area (Å²) in [5.41, 5.74) is 4.49. The van der Waals surface area contributed by atoms with Gasteiger partial charge in [0.15, 0.2) is 0 Å². The number of fused-ring (bicyclic) bond motifs is 1. The van der Waals surface area contributed by atoms with Crippen LogP contribution < -0.4 is 9.64 Å². The highest BCUT2D eigenvalue weighted by Crippen LogP contribution is 2.31. The minimum absolute atomic E-state index is 0.835. The number of rotatable bonds is 3. The smallest absolute Gasteiger partial charge is 0.132 e. The molecule has 1 aliphatic rings. The maximum atomic E-state index is 6.21. The van der Waals surface area contributed by atoms with Crippen molar-refractivity contribution in [1.29, 1.82) is 0 Å². The highest BCUT2D eigenvalue weighted by Gasteiger charge is 2.12. The lowest BCUT2D eigenvalue weighted by Crippen LogP contribution is -2.23. The Bertz CT molecular complexity index is 876. The van der Waals surface area contributed by atoms with E-state index < -0.39 is 0 Å². The number of aryl methyl sites for hydroxylation is 2. The van der Waals surface area contributed by atoms with E-state index in [1.807, 2.05) is 30.1 Å². The highest BCUT2D eigenvalue weighted by molar-refractivity contribution is 5.77. The van der Waals surface area contributed by atoms with Crippen LogP contribution in [0.25, 0.3) is 11.0 Å². The molecule has 1 fully saturated rings. The summed E-state index contributed by atoms with van der Waals surface area (Å²) in [5.74, 6) is 1.76. The first-order chi connectivity index (χ1) is 12.2. The first kappa shape index (κ1) is 16.0. The number of benzene rings is 2. The standard InChI is InChI=1S/C21H25N3O/c1-16-7-8-17(24-11-5-3-4-6-12-24)13-21(16)25-18-9-10-20-19(14-18)22-15-23(20)2/h7-10,13-15H,3-6,11-12H2,1-2H3. The van der Waals surface area contributed by atoms with E-state index in [2.05, 4.69) is 41.1 Å². The van der Waals surface area contributed by atoms with Crippen LogP contribution in [0.2, 0.25) is 0 Å². The molecule has 0 bridgehead atoms. The van der Waals surface area contributed by atoms with Crippen LogP contribution in [0.3, 0.4) is 0 Å². The van der Waals surface area contributed by atoms with E-state index in [0.29, 0.717) is 0 Å². The van der Waals surface area contributed by atoms with Crippen molar-refractivity contribution >= 4 is 16.7 Å². The van der Waals surface area contributed by atoms with Crippen molar-refractivity contribution < 1.29 is 4.74 Å². The van der Waals surface area contributed by atoms with Gasteiger partial charge in [0.25, 0.3) is 0 Å². The van der Waals surface area contributed by atoms with Crippen LogP contribution in [-0.2, 0) is 7.05 Å². The molecule has 4 rings (SSSR count). The molecule has 2 aromatic carbocycles. The molecule has 0 N–H and O–H groups in total. The van der Waals surface area contributed by atoms with Gasteiger partial charge in [-0.05, 0) is 43.5 Å². The summed E-state index contributed by atoms with van der Waals surface area (Å²) < 4.78 is 8.23. The van der Waals surface area contributed by atoms with E-state index >= 15 is 0 Å². The van der Waals surface area contributed by atoms with Gasteiger partial charge < -0.3 is 14.2 Å². The summed E-state index contributed by atoms with van der Waals surface area (Å²) >= 11 is 0.